The molecule has 1 saturated carbocycles. The summed E-state index contributed by atoms with van der Waals surface area (Å²) in [4.78, 5) is 2.53. The molecule has 1 rings (SSSR count). The van der Waals surface area contributed by atoms with Gasteiger partial charge in [-0.15, -0.1) is 0 Å². The lowest BCUT2D eigenvalue weighted by Gasteiger charge is -2.32. The summed E-state index contributed by atoms with van der Waals surface area (Å²) in [5, 5.41) is 0. The first kappa shape index (κ1) is 13.0. The molecule has 0 aromatic carbocycles. The lowest BCUT2D eigenvalue weighted by atomic mass is 9.94. The van der Waals surface area contributed by atoms with Crippen molar-refractivity contribution < 1.29 is 0 Å². The smallest absolute Gasteiger partial charge is 0.00922 e. The highest BCUT2D eigenvalue weighted by Crippen LogP contribution is 2.21. The standard InChI is InChI=1S/C13H28N2/c1-11(2)13(14)9-10-15(3)12-7-5-4-6-8-12/h11-13H,4-10,14H2,1-3H3/t13-/m0/s1. The second-order valence-corrected chi connectivity index (χ2v) is 5.47. The third-order valence-electron chi connectivity index (χ3n) is 3.87. The van der Waals surface area contributed by atoms with Crippen LogP contribution in [0.2, 0.25) is 0 Å². The Labute approximate surface area is 95.2 Å². The predicted octanol–water partition coefficient (Wildman–Crippen LogP) is 2.62. The van der Waals surface area contributed by atoms with E-state index in [2.05, 4.69) is 25.8 Å². The molecular formula is C13H28N2. The number of nitrogens with two attached hydrogens (primary N) is 1. The van der Waals surface area contributed by atoms with Crippen molar-refractivity contribution in [2.45, 2.75) is 64.5 Å². The summed E-state index contributed by atoms with van der Waals surface area (Å²) in [5.74, 6) is 0.616. The maximum atomic E-state index is 6.07. The molecule has 90 valence electrons. The van der Waals surface area contributed by atoms with Crippen molar-refractivity contribution >= 4 is 0 Å². The van der Waals surface area contributed by atoms with E-state index in [-0.39, 0.29) is 0 Å². The first-order valence-corrected chi connectivity index (χ1v) is 6.57. The van der Waals surface area contributed by atoms with Crippen LogP contribution in [0.3, 0.4) is 0 Å². The molecule has 0 saturated heterocycles. The average Bonchev–Trinajstić information content (AvgIpc) is 2.26. The van der Waals surface area contributed by atoms with Crippen molar-refractivity contribution in [1.29, 1.82) is 0 Å². The quantitative estimate of drug-likeness (QED) is 0.759. The molecule has 0 unspecified atom stereocenters. The highest BCUT2D eigenvalue weighted by Gasteiger charge is 2.18. The van der Waals surface area contributed by atoms with Crippen molar-refractivity contribution in [3.63, 3.8) is 0 Å². The van der Waals surface area contributed by atoms with Crippen LogP contribution in [0.1, 0.15) is 52.4 Å². The molecule has 1 aliphatic rings. The van der Waals surface area contributed by atoms with Gasteiger partial charge >= 0.3 is 0 Å². The number of rotatable bonds is 5. The van der Waals surface area contributed by atoms with Gasteiger partial charge in [0.2, 0.25) is 0 Å². The van der Waals surface area contributed by atoms with Crippen LogP contribution in [0.4, 0.5) is 0 Å². The zero-order chi connectivity index (χ0) is 11.3. The van der Waals surface area contributed by atoms with Gasteiger partial charge in [-0.05, 0) is 38.8 Å². The van der Waals surface area contributed by atoms with Crippen LogP contribution in [-0.2, 0) is 0 Å². The van der Waals surface area contributed by atoms with Crippen molar-refractivity contribution in [2.24, 2.45) is 11.7 Å². The minimum Gasteiger partial charge on any atom is -0.327 e. The van der Waals surface area contributed by atoms with E-state index in [1.165, 1.54) is 38.6 Å². The minimum atomic E-state index is 0.371. The zero-order valence-corrected chi connectivity index (χ0v) is 10.7. The monoisotopic (exact) mass is 212 g/mol. The molecule has 2 nitrogen and oxygen atoms in total. The van der Waals surface area contributed by atoms with Crippen LogP contribution in [0.15, 0.2) is 0 Å². The van der Waals surface area contributed by atoms with Crippen molar-refractivity contribution in [3.8, 4) is 0 Å². The van der Waals surface area contributed by atoms with Gasteiger partial charge in [-0.1, -0.05) is 33.1 Å². The second kappa shape index (κ2) is 6.49. The van der Waals surface area contributed by atoms with Gasteiger partial charge in [0.1, 0.15) is 0 Å². The van der Waals surface area contributed by atoms with E-state index in [4.69, 9.17) is 5.73 Å². The highest BCUT2D eigenvalue weighted by molar-refractivity contribution is 4.75. The topological polar surface area (TPSA) is 29.3 Å². The van der Waals surface area contributed by atoms with Crippen molar-refractivity contribution in [1.82, 2.24) is 4.90 Å². The summed E-state index contributed by atoms with van der Waals surface area (Å²) in [6.07, 6.45) is 8.22. The summed E-state index contributed by atoms with van der Waals surface area (Å²) in [6.45, 7) is 5.60. The van der Waals surface area contributed by atoms with E-state index in [0.29, 0.717) is 12.0 Å². The zero-order valence-electron chi connectivity index (χ0n) is 10.7. The van der Waals surface area contributed by atoms with Gasteiger partial charge < -0.3 is 10.6 Å². The minimum absolute atomic E-state index is 0.371. The van der Waals surface area contributed by atoms with E-state index in [1.54, 1.807) is 0 Å². The van der Waals surface area contributed by atoms with Crippen molar-refractivity contribution in [2.75, 3.05) is 13.6 Å². The van der Waals surface area contributed by atoms with Gasteiger partial charge in [0.15, 0.2) is 0 Å². The molecule has 15 heavy (non-hydrogen) atoms. The molecule has 1 atom stereocenters. The number of hydrogen-bond donors (Lipinski definition) is 1. The maximum Gasteiger partial charge on any atom is 0.00922 e. The van der Waals surface area contributed by atoms with Crippen LogP contribution in [0.5, 0.6) is 0 Å². The summed E-state index contributed by atoms with van der Waals surface area (Å²) in [5.41, 5.74) is 6.07. The van der Waals surface area contributed by atoms with Crippen LogP contribution < -0.4 is 5.73 Å². The summed E-state index contributed by atoms with van der Waals surface area (Å²) in [6, 6.07) is 1.20. The van der Waals surface area contributed by atoms with E-state index < -0.39 is 0 Å². The summed E-state index contributed by atoms with van der Waals surface area (Å²) < 4.78 is 0. The van der Waals surface area contributed by atoms with Gasteiger partial charge in [-0.25, -0.2) is 0 Å². The molecule has 0 bridgehead atoms. The van der Waals surface area contributed by atoms with Gasteiger partial charge in [0.25, 0.3) is 0 Å². The Balaban J connectivity index is 2.19. The molecule has 0 spiro atoms. The molecule has 0 radical (unpaired) electrons. The molecule has 0 aromatic rings. The SMILES string of the molecule is CC(C)[C@@H](N)CCN(C)C1CCCCC1. The Morgan fingerprint density at radius 2 is 1.80 bits per heavy atom. The van der Waals surface area contributed by atoms with Crippen LogP contribution in [-0.4, -0.2) is 30.6 Å². The third-order valence-corrected chi connectivity index (χ3v) is 3.87. The van der Waals surface area contributed by atoms with Crippen LogP contribution in [0.25, 0.3) is 0 Å². The third kappa shape index (κ3) is 4.52. The fourth-order valence-corrected chi connectivity index (χ4v) is 2.39. The Hall–Kier alpha value is -0.0800. The van der Waals surface area contributed by atoms with Gasteiger partial charge in [-0.2, -0.15) is 0 Å². The molecule has 0 aliphatic heterocycles. The summed E-state index contributed by atoms with van der Waals surface area (Å²) >= 11 is 0. The fourth-order valence-electron chi connectivity index (χ4n) is 2.39. The number of nitrogens with zero attached hydrogens (tertiary/aromatic N) is 1. The predicted molar refractivity (Wildman–Crippen MR) is 66.9 cm³/mol. The lowest BCUT2D eigenvalue weighted by molar-refractivity contribution is 0.183. The molecule has 0 heterocycles. The second-order valence-electron chi connectivity index (χ2n) is 5.47. The Bertz CT molecular complexity index is 162. The molecule has 0 aromatic heterocycles. The van der Waals surface area contributed by atoms with E-state index in [0.717, 1.165) is 12.5 Å². The molecule has 2 N–H and O–H groups in total. The summed E-state index contributed by atoms with van der Waals surface area (Å²) in [7, 11) is 2.27. The largest absolute Gasteiger partial charge is 0.327 e. The maximum absolute atomic E-state index is 6.07. The Morgan fingerprint density at radius 3 is 2.33 bits per heavy atom. The van der Waals surface area contributed by atoms with Crippen molar-refractivity contribution in [3.05, 3.63) is 0 Å². The first-order valence-electron chi connectivity index (χ1n) is 6.57. The van der Waals surface area contributed by atoms with E-state index in [9.17, 15) is 0 Å². The van der Waals surface area contributed by atoms with Gasteiger partial charge in [-0.3, -0.25) is 0 Å². The average molecular weight is 212 g/mol. The van der Waals surface area contributed by atoms with E-state index in [1.807, 2.05) is 0 Å². The van der Waals surface area contributed by atoms with E-state index >= 15 is 0 Å². The molecular weight excluding hydrogens is 184 g/mol. The molecule has 1 aliphatic carbocycles. The molecule has 0 amide bonds. The Morgan fingerprint density at radius 1 is 1.20 bits per heavy atom. The number of hydrogen-bond acceptors (Lipinski definition) is 2. The van der Waals surface area contributed by atoms with Crippen LogP contribution in [0, 0.1) is 5.92 Å². The Kier molecular flexibility index (Phi) is 5.62. The lowest BCUT2D eigenvalue weighted by Crippen LogP contribution is -2.37. The normalized spacial score (nSPS) is 21.2. The highest BCUT2D eigenvalue weighted by atomic mass is 15.1. The molecule has 1 fully saturated rings. The van der Waals surface area contributed by atoms with Gasteiger partial charge in [0, 0.05) is 12.1 Å². The fraction of sp³-hybridized carbons (Fsp3) is 1.00. The van der Waals surface area contributed by atoms with Crippen LogP contribution >= 0.6 is 0 Å². The molecule has 2 heteroatoms. The first-order chi connectivity index (χ1) is 7.11. The van der Waals surface area contributed by atoms with Gasteiger partial charge in [0.05, 0.1) is 0 Å².